The van der Waals surface area contributed by atoms with Gasteiger partial charge in [0.2, 0.25) is 5.91 Å². The van der Waals surface area contributed by atoms with E-state index in [0.29, 0.717) is 36.5 Å². The molecule has 0 saturated carbocycles. The third kappa shape index (κ3) is 7.61. The SMILES string of the molecule is CC(C)CC(C)N(C)CC(=O)N(C)CCC(N)=S. The molecule has 0 bridgehead atoms. The number of amides is 1. The zero-order valence-corrected chi connectivity index (χ0v) is 13.1. The van der Waals surface area contributed by atoms with Crippen LogP contribution in [0.25, 0.3) is 0 Å². The van der Waals surface area contributed by atoms with E-state index in [1.807, 2.05) is 7.05 Å². The molecule has 0 aliphatic rings. The molecule has 1 amide bonds. The highest BCUT2D eigenvalue weighted by Gasteiger charge is 2.16. The number of hydrogen-bond acceptors (Lipinski definition) is 3. The van der Waals surface area contributed by atoms with Crippen molar-refractivity contribution in [3.8, 4) is 0 Å². The molecule has 0 aliphatic carbocycles. The quantitative estimate of drug-likeness (QED) is 0.681. The van der Waals surface area contributed by atoms with Crippen molar-refractivity contribution in [2.45, 2.75) is 39.7 Å². The van der Waals surface area contributed by atoms with E-state index >= 15 is 0 Å². The molecule has 0 radical (unpaired) electrons. The minimum absolute atomic E-state index is 0.115. The van der Waals surface area contributed by atoms with E-state index in [9.17, 15) is 4.79 Å². The molecular weight excluding hydrogens is 246 g/mol. The summed E-state index contributed by atoms with van der Waals surface area (Å²) in [5.41, 5.74) is 5.43. The third-order valence-corrected chi connectivity index (χ3v) is 3.27. The molecule has 0 aliphatic heterocycles. The standard InChI is InChI=1S/C13H27N3OS/c1-10(2)8-11(3)16(5)9-13(17)15(4)7-6-12(14)18/h10-11H,6-9H2,1-5H3,(H2,14,18). The van der Waals surface area contributed by atoms with Crippen molar-refractivity contribution in [3.63, 3.8) is 0 Å². The van der Waals surface area contributed by atoms with E-state index in [4.69, 9.17) is 18.0 Å². The smallest absolute Gasteiger partial charge is 0.236 e. The Labute approximate surface area is 116 Å². The van der Waals surface area contributed by atoms with Gasteiger partial charge in [-0.2, -0.15) is 0 Å². The van der Waals surface area contributed by atoms with Gasteiger partial charge in [0.1, 0.15) is 0 Å². The Morgan fingerprint density at radius 3 is 2.28 bits per heavy atom. The summed E-state index contributed by atoms with van der Waals surface area (Å²) in [6.07, 6.45) is 1.68. The highest BCUT2D eigenvalue weighted by Crippen LogP contribution is 2.09. The molecule has 0 saturated heterocycles. The van der Waals surface area contributed by atoms with Crippen molar-refractivity contribution < 1.29 is 4.79 Å². The minimum atomic E-state index is 0.115. The zero-order chi connectivity index (χ0) is 14.3. The van der Waals surface area contributed by atoms with Gasteiger partial charge in [0, 0.05) is 26.1 Å². The van der Waals surface area contributed by atoms with Crippen LogP contribution < -0.4 is 5.73 Å². The van der Waals surface area contributed by atoms with Crippen molar-refractivity contribution in [3.05, 3.63) is 0 Å². The molecule has 5 heteroatoms. The number of carbonyl (C=O) groups is 1. The second kappa shape index (κ2) is 8.43. The third-order valence-electron chi connectivity index (χ3n) is 3.07. The zero-order valence-electron chi connectivity index (χ0n) is 12.3. The van der Waals surface area contributed by atoms with Gasteiger partial charge in [-0.3, -0.25) is 9.69 Å². The number of nitrogens with zero attached hydrogens (tertiary/aromatic N) is 2. The van der Waals surface area contributed by atoms with Crippen molar-refractivity contribution in [1.29, 1.82) is 0 Å². The van der Waals surface area contributed by atoms with E-state index in [1.54, 1.807) is 11.9 Å². The highest BCUT2D eigenvalue weighted by atomic mass is 32.1. The minimum Gasteiger partial charge on any atom is -0.393 e. The first-order valence-electron chi connectivity index (χ1n) is 6.46. The summed E-state index contributed by atoms with van der Waals surface area (Å²) >= 11 is 4.81. The second-order valence-electron chi connectivity index (χ2n) is 5.43. The molecule has 0 aromatic carbocycles. The van der Waals surface area contributed by atoms with Crippen LogP contribution in [0, 0.1) is 5.92 Å². The molecule has 106 valence electrons. The van der Waals surface area contributed by atoms with Gasteiger partial charge in [0.15, 0.2) is 0 Å². The van der Waals surface area contributed by atoms with Crippen LogP contribution in [0.4, 0.5) is 0 Å². The highest BCUT2D eigenvalue weighted by molar-refractivity contribution is 7.80. The summed E-state index contributed by atoms with van der Waals surface area (Å²) in [4.78, 5) is 16.2. The Hall–Kier alpha value is -0.680. The van der Waals surface area contributed by atoms with Crippen LogP contribution in [0.15, 0.2) is 0 Å². The normalized spacial score (nSPS) is 12.8. The monoisotopic (exact) mass is 273 g/mol. The first-order valence-corrected chi connectivity index (χ1v) is 6.87. The Morgan fingerprint density at radius 1 is 1.28 bits per heavy atom. The molecule has 2 N–H and O–H groups in total. The van der Waals surface area contributed by atoms with Crippen molar-refractivity contribution in [1.82, 2.24) is 9.80 Å². The van der Waals surface area contributed by atoms with Crippen molar-refractivity contribution in [2.75, 3.05) is 27.2 Å². The van der Waals surface area contributed by atoms with Gasteiger partial charge in [-0.25, -0.2) is 0 Å². The molecule has 0 spiro atoms. The van der Waals surface area contributed by atoms with Crippen LogP contribution in [0.1, 0.15) is 33.6 Å². The summed E-state index contributed by atoms with van der Waals surface area (Å²) < 4.78 is 0. The molecule has 0 aromatic rings. The van der Waals surface area contributed by atoms with Gasteiger partial charge in [0.05, 0.1) is 11.5 Å². The molecule has 18 heavy (non-hydrogen) atoms. The topological polar surface area (TPSA) is 49.6 Å². The van der Waals surface area contributed by atoms with E-state index in [-0.39, 0.29) is 5.91 Å². The van der Waals surface area contributed by atoms with E-state index in [1.165, 1.54) is 0 Å². The van der Waals surface area contributed by atoms with Crippen LogP contribution in [-0.2, 0) is 4.79 Å². The largest absolute Gasteiger partial charge is 0.393 e. The fourth-order valence-electron chi connectivity index (χ4n) is 1.75. The Morgan fingerprint density at radius 2 is 1.83 bits per heavy atom. The number of thiocarbonyl (C=S) groups is 1. The molecule has 0 rings (SSSR count). The number of hydrogen-bond donors (Lipinski definition) is 1. The van der Waals surface area contributed by atoms with Crippen LogP contribution in [0.5, 0.6) is 0 Å². The fourth-order valence-corrected chi connectivity index (χ4v) is 1.85. The average molecular weight is 273 g/mol. The number of rotatable bonds is 8. The van der Waals surface area contributed by atoms with Crippen molar-refractivity contribution >= 4 is 23.1 Å². The molecule has 4 nitrogen and oxygen atoms in total. The summed E-state index contributed by atoms with van der Waals surface area (Å²) in [7, 11) is 3.79. The molecular formula is C13H27N3OS. The van der Waals surface area contributed by atoms with E-state index in [2.05, 4.69) is 25.7 Å². The molecule has 0 aromatic heterocycles. The summed E-state index contributed by atoms with van der Waals surface area (Å²) in [5, 5.41) is 0. The van der Waals surface area contributed by atoms with E-state index in [0.717, 1.165) is 6.42 Å². The average Bonchev–Trinajstić information content (AvgIpc) is 2.24. The molecule has 0 fully saturated rings. The second-order valence-corrected chi connectivity index (χ2v) is 5.95. The summed E-state index contributed by atoms with van der Waals surface area (Å²) in [6, 6.07) is 0.415. The summed E-state index contributed by atoms with van der Waals surface area (Å²) in [5.74, 6) is 0.759. The predicted molar refractivity (Wildman–Crippen MR) is 80.6 cm³/mol. The molecule has 1 atom stereocenters. The Kier molecular flexibility index (Phi) is 8.11. The van der Waals surface area contributed by atoms with Crippen LogP contribution in [-0.4, -0.2) is 53.9 Å². The summed E-state index contributed by atoms with van der Waals surface area (Å²) in [6.45, 7) is 7.59. The van der Waals surface area contributed by atoms with Gasteiger partial charge in [-0.1, -0.05) is 26.1 Å². The van der Waals surface area contributed by atoms with E-state index < -0.39 is 0 Å². The number of likely N-dealkylation sites (N-methyl/N-ethyl adjacent to an activating group) is 2. The maximum absolute atomic E-state index is 12.0. The van der Waals surface area contributed by atoms with Gasteiger partial charge in [-0.05, 0) is 26.3 Å². The lowest BCUT2D eigenvalue weighted by atomic mass is 10.0. The van der Waals surface area contributed by atoms with Crippen molar-refractivity contribution in [2.24, 2.45) is 11.7 Å². The predicted octanol–water partition coefficient (Wildman–Crippen LogP) is 1.49. The fraction of sp³-hybridized carbons (Fsp3) is 0.846. The number of carbonyl (C=O) groups excluding carboxylic acids is 1. The lowest BCUT2D eigenvalue weighted by molar-refractivity contribution is -0.131. The van der Waals surface area contributed by atoms with Gasteiger partial charge in [0.25, 0.3) is 0 Å². The van der Waals surface area contributed by atoms with Crippen LogP contribution in [0.3, 0.4) is 0 Å². The maximum Gasteiger partial charge on any atom is 0.236 e. The number of nitrogens with two attached hydrogens (primary N) is 1. The van der Waals surface area contributed by atoms with Crippen LogP contribution >= 0.6 is 12.2 Å². The maximum atomic E-state index is 12.0. The Balaban J connectivity index is 4.09. The first-order chi connectivity index (χ1) is 8.23. The Bertz CT molecular complexity index is 281. The van der Waals surface area contributed by atoms with Crippen LogP contribution in [0.2, 0.25) is 0 Å². The molecule has 0 heterocycles. The van der Waals surface area contributed by atoms with Gasteiger partial charge in [-0.15, -0.1) is 0 Å². The lowest BCUT2D eigenvalue weighted by Gasteiger charge is -2.27. The first kappa shape index (κ1) is 17.3. The lowest BCUT2D eigenvalue weighted by Crippen LogP contribution is -2.41. The van der Waals surface area contributed by atoms with Gasteiger partial charge < -0.3 is 10.6 Å². The molecule has 1 unspecified atom stereocenters. The van der Waals surface area contributed by atoms with Gasteiger partial charge >= 0.3 is 0 Å².